The molecule has 1 aliphatic heterocycles. The lowest BCUT2D eigenvalue weighted by atomic mass is 10.1. The van der Waals surface area contributed by atoms with Crippen molar-refractivity contribution in [1.29, 1.82) is 0 Å². The summed E-state index contributed by atoms with van der Waals surface area (Å²) < 4.78 is 19.1. The maximum Gasteiger partial charge on any atom is 0.128 e. The van der Waals surface area contributed by atoms with Gasteiger partial charge in [-0.25, -0.2) is 4.39 Å². The highest BCUT2D eigenvalue weighted by Gasteiger charge is 2.21. The van der Waals surface area contributed by atoms with Crippen LogP contribution in [-0.2, 0) is 17.8 Å². The zero-order valence-electron chi connectivity index (χ0n) is 10.5. The smallest absolute Gasteiger partial charge is 0.128 e. The van der Waals surface area contributed by atoms with E-state index in [4.69, 9.17) is 4.74 Å². The third-order valence-electron chi connectivity index (χ3n) is 3.23. The van der Waals surface area contributed by atoms with Crippen LogP contribution in [-0.4, -0.2) is 11.9 Å². The van der Waals surface area contributed by atoms with Gasteiger partial charge in [-0.3, -0.25) is 0 Å². The second kappa shape index (κ2) is 5.76. The lowest BCUT2D eigenvalue weighted by Crippen LogP contribution is -2.11. The van der Waals surface area contributed by atoms with Gasteiger partial charge in [0, 0.05) is 15.7 Å². The molecule has 3 rings (SSSR count). The molecule has 0 aromatic heterocycles. The quantitative estimate of drug-likeness (QED) is 0.831. The van der Waals surface area contributed by atoms with Crippen molar-refractivity contribution < 1.29 is 9.13 Å². The van der Waals surface area contributed by atoms with Gasteiger partial charge >= 0.3 is 0 Å². The average molecular weight is 274 g/mol. The minimum absolute atomic E-state index is 0.190. The molecule has 1 nitrogen and oxygen atoms in total. The van der Waals surface area contributed by atoms with Crippen molar-refractivity contribution in [2.24, 2.45) is 0 Å². The van der Waals surface area contributed by atoms with Crippen molar-refractivity contribution in [2.75, 3.05) is 6.61 Å². The lowest BCUT2D eigenvalue weighted by molar-refractivity contribution is 0.120. The molecule has 19 heavy (non-hydrogen) atoms. The molecule has 1 heterocycles. The van der Waals surface area contributed by atoms with E-state index in [0.29, 0.717) is 24.0 Å². The van der Waals surface area contributed by atoms with Gasteiger partial charge < -0.3 is 4.74 Å². The molecule has 0 saturated heterocycles. The van der Waals surface area contributed by atoms with E-state index in [9.17, 15) is 4.39 Å². The first-order chi connectivity index (χ1) is 9.33. The lowest BCUT2D eigenvalue weighted by Gasteiger charge is -2.10. The van der Waals surface area contributed by atoms with Gasteiger partial charge in [0.2, 0.25) is 0 Å². The normalized spacial score (nSPS) is 17.4. The Morgan fingerprint density at radius 2 is 1.89 bits per heavy atom. The van der Waals surface area contributed by atoms with Crippen LogP contribution in [0.5, 0.6) is 0 Å². The number of hydrogen-bond donors (Lipinski definition) is 0. The second-order valence-corrected chi connectivity index (χ2v) is 6.00. The minimum Gasteiger partial charge on any atom is -0.375 e. The van der Waals surface area contributed by atoms with Crippen molar-refractivity contribution in [3.05, 3.63) is 65.5 Å². The van der Waals surface area contributed by atoms with Gasteiger partial charge in [0.1, 0.15) is 5.82 Å². The standard InChI is InChI=1S/C16H15FOS/c17-15-7-3-1-6-13(15)10-18-11-14-9-12-5-2-4-8-16(12)19-14/h1-8,14H,9-11H2. The summed E-state index contributed by atoms with van der Waals surface area (Å²) >= 11 is 1.86. The third kappa shape index (κ3) is 2.99. The summed E-state index contributed by atoms with van der Waals surface area (Å²) in [6.45, 7) is 1.01. The van der Waals surface area contributed by atoms with E-state index in [2.05, 4.69) is 24.3 Å². The predicted molar refractivity (Wildman–Crippen MR) is 75.8 cm³/mol. The van der Waals surface area contributed by atoms with Crippen molar-refractivity contribution in [3.63, 3.8) is 0 Å². The largest absolute Gasteiger partial charge is 0.375 e. The zero-order valence-corrected chi connectivity index (χ0v) is 11.3. The summed E-state index contributed by atoms with van der Waals surface area (Å²) in [6, 6.07) is 15.2. The van der Waals surface area contributed by atoms with Gasteiger partial charge in [0.05, 0.1) is 13.2 Å². The van der Waals surface area contributed by atoms with Crippen LogP contribution in [0, 0.1) is 5.82 Å². The average Bonchev–Trinajstić information content (AvgIpc) is 2.83. The van der Waals surface area contributed by atoms with E-state index >= 15 is 0 Å². The summed E-state index contributed by atoms with van der Waals surface area (Å²) in [5, 5.41) is 0.448. The molecule has 98 valence electrons. The Balaban J connectivity index is 1.51. The van der Waals surface area contributed by atoms with Crippen LogP contribution in [0.4, 0.5) is 4.39 Å². The van der Waals surface area contributed by atoms with Gasteiger partial charge in [0.15, 0.2) is 0 Å². The Kier molecular flexibility index (Phi) is 3.85. The van der Waals surface area contributed by atoms with Crippen LogP contribution in [0.1, 0.15) is 11.1 Å². The third-order valence-corrected chi connectivity index (χ3v) is 4.52. The molecule has 0 amide bonds. The monoisotopic (exact) mass is 274 g/mol. The number of hydrogen-bond acceptors (Lipinski definition) is 2. The molecule has 0 aliphatic carbocycles. The topological polar surface area (TPSA) is 9.23 Å². The van der Waals surface area contributed by atoms with Gasteiger partial charge in [-0.15, -0.1) is 11.8 Å². The van der Waals surface area contributed by atoms with E-state index in [1.165, 1.54) is 16.5 Å². The van der Waals surface area contributed by atoms with Crippen molar-refractivity contribution in [2.45, 2.75) is 23.2 Å². The van der Waals surface area contributed by atoms with Crippen LogP contribution in [0.2, 0.25) is 0 Å². The molecule has 0 saturated carbocycles. The molecular formula is C16H15FOS. The van der Waals surface area contributed by atoms with E-state index in [-0.39, 0.29) is 5.82 Å². The first kappa shape index (κ1) is 12.7. The number of fused-ring (bicyclic) bond motifs is 1. The molecular weight excluding hydrogens is 259 g/mol. The number of ether oxygens (including phenoxy) is 1. The van der Waals surface area contributed by atoms with Crippen molar-refractivity contribution in [1.82, 2.24) is 0 Å². The molecule has 1 aliphatic rings. The molecule has 0 bridgehead atoms. The number of rotatable bonds is 4. The molecule has 2 aromatic rings. The SMILES string of the molecule is Fc1ccccc1COCC1Cc2ccccc2S1. The van der Waals surface area contributed by atoms with E-state index in [0.717, 1.165) is 6.42 Å². The van der Waals surface area contributed by atoms with Crippen molar-refractivity contribution in [3.8, 4) is 0 Å². The highest BCUT2D eigenvalue weighted by atomic mass is 32.2. The number of thioether (sulfide) groups is 1. The number of halogens is 1. The summed E-state index contributed by atoms with van der Waals surface area (Å²) in [6.07, 6.45) is 1.04. The maximum atomic E-state index is 13.4. The summed E-state index contributed by atoms with van der Waals surface area (Å²) in [7, 11) is 0. The molecule has 0 fully saturated rings. The highest BCUT2D eigenvalue weighted by molar-refractivity contribution is 8.00. The summed E-state index contributed by atoms with van der Waals surface area (Å²) in [5.74, 6) is -0.190. The van der Waals surface area contributed by atoms with Crippen LogP contribution in [0.3, 0.4) is 0 Å². The molecule has 2 aromatic carbocycles. The van der Waals surface area contributed by atoms with E-state index < -0.39 is 0 Å². The Hall–Kier alpha value is -1.32. The van der Waals surface area contributed by atoms with Crippen molar-refractivity contribution >= 4 is 11.8 Å². The predicted octanol–water partition coefficient (Wildman–Crippen LogP) is 4.06. The van der Waals surface area contributed by atoms with Crippen LogP contribution < -0.4 is 0 Å². The van der Waals surface area contributed by atoms with Crippen LogP contribution in [0.15, 0.2) is 53.4 Å². The summed E-state index contributed by atoms with van der Waals surface area (Å²) in [5.41, 5.74) is 2.02. The number of benzene rings is 2. The highest BCUT2D eigenvalue weighted by Crippen LogP contribution is 2.36. The summed E-state index contributed by atoms with van der Waals surface area (Å²) in [4.78, 5) is 1.35. The van der Waals surface area contributed by atoms with Gasteiger partial charge in [-0.1, -0.05) is 36.4 Å². The first-order valence-electron chi connectivity index (χ1n) is 6.38. The maximum absolute atomic E-state index is 13.4. The van der Waals surface area contributed by atoms with Gasteiger partial charge in [-0.05, 0) is 24.1 Å². The zero-order chi connectivity index (χ0) is 13.1. The van der Waals surface area contributed by atoms with Gasteiger partial charge in [0.25, 0.3) is 0 Å². The van der Waals surface area contributed by atoms with E-state index in [1.807, 2.05) is 17.8 Å². The fourth-order valence-electron chi connectivity index (χ4n) is 2.26. The Bertz CT molecular complexity index is 545. The molecule has 0 radical (unpaired) electrons. The molecule has 1 unspecified atom stereocenters. The molecule has 0 spiro atoms. The Labute approximate surface area is 116 Å². The molecule has 3 heteroatoms. The minimum atomic E-state index is -0.190. The van der Waals surface area contributed by atoms with Crippen LogP contribution >= 0.6 is 11.8 Å². The van der Waals surface area contributed by atoms with E-state index in [1.54, 1.807) is 12.1 Å². The van der Waals surface area contributed by atoms with Gasteiger partial charge in [-0.2, -0.15) is 0 Å². The van der Waals surface area contributed by atoms with Crippen LogP contribution in [0.25, 0.3) is 0 Å². The Morgan fingerprint density at radius 1 is 1.11 bits per heavy atom. The Morgan fingerprint density at radius 3 is 2.74 bits per heavy atom. The molecule has 0 N–H and O–H groups in total. The first-order valence-corrected chi connectivity index (χ1v) is 7.26. The fraction of sp³-hybridized carbons (Fsp3) is 0.250. The fourth-order valence-corrected chi connectivity index (χ4v) is 3.51. The molecule has 1 atom stereocenters. The second-order valence-electron chi connectivity index (χ2n) is 4.66.